The van der Waals surface area contributed by atoms with Crippen molar-refractivity contribution < 1.29 is 0 Å². The van der Waals surface area contributed by atoms with Gasteiger partial charge in [0, 0.05) is 11.4 Å². The maximum atomic E-state index is 12.2. The molecule has 0 radical (unpaired) electrons. The minimum Gasteiger partial charge on any atom is -0.375 e. The molecule has 0 saturated carbocycles. The molecule has 0 amide bonds. The summed E-state index contributed by atoms with van der Waals surface area (Å²) in [6.45, 7) is 8.70. The number of rotatable bonds is 5. The minimum atomic E-state index is -0.105. The Labute approximate surface area is 136 Å². The van der Waals surface area contributed by atoms with Crippen molar-refractivity contribution in [1.29, 1.82) is 0 Å². The lowest BCUT2D eigenvalue weighted by Gasteiger charge is -2.16. The first kappa shape index (κ1) is 16.2. The van der Waals surface area contributed by atoms with E-state index in [4.69, 9.17) is 0 Å². The maximum Gasteiger partial charge on any atom is 0.283 e. The molecule has 2 heterocycles. The van der Waals surface area contributed by atoms with E-state index >= 15 is 0 Å². The summed E-state index contributed by atoms with van der Waals surface area (Å²) in [5.41, 5.74) is 1.64. The Balaban J connectivity index is 2.26. The molecule has 0 aliphatic carbocycles. The predicted molar refractivity (Wildman–Crippen MR) is 90.1 cm³/mol. The van der Waals surface area contributed by atoms with Crippen molar-refractivity contribution in [2.75, 3.05) is 5.32 Å². The van der Waals surface area contributed by atoms with Crippen LogP contribution < -0.4 is 10.9 Å². The van der Waals surface area contributed by atoms with Gasteiger partial charge >= 0.3 is 0 Å². The van der Waals surface area contributed by atoms with Gasteiger partial charge in [-0.3, -0.25) is 4.79 Å². The average Bonchev–Trinajstić information content (AvgIpc) is 2.77. The Hall–Kier alpha value is -1.21. The Bertz CT molecular complexity index is 695. The summed E-state index contributed by atoms with van der Waals surface area (Å²) in [5.74, 6) is 0. The second-order valence-corrected chi connectivity index (χ2v) is 6.98. The fraction of sp³-hybridized carbons (Fsp3) is 0.500. The molecular weight excluding hydrogens is 352 g/mol. The smallest absolute Gasteiger partial charge is 0.283 e. The van der Waals surface area contributed by atoms with Gasteiger partial charge in [0.05, 0.1) is 28.6 Å². The third-order valence-electron chi connectivity index (χ3n) is 3.12. The highest BCUT2D eigenvalue weighted by Gasteiger charge is 2.16. The average molecular weight is 371 g/mol. The van der Waals surface area contributed by atoms with Crippen molar-refractivity contribution in [2.24, 2.45) is 0 Å². The predicted octanol–water partition coefficient (Wildman–Crippen LogP) is 3.66. The molecule has 21 heavy (non-hydrogen) atoms. The van der Waals surface area contributed by atoms with Crippen molar-refractivity contribution in [3.63, 3.8) is 0 Å². The number of nitrogens with one attached hydrogen (secondary N) is 1. The number of nitrogens with zero attached hydrogens (tertiary/aromatic N) is 3. The number of hydrogen-bond donors (Lipinski definition) is 1. The quantitative estimate of drug-likeness (QED) is 0.872. The molecule has 1 N–H and O–H groups in total. The van der Waals surface area contributed by atoms with Gasteiger partial charge in [-0.1, -0.05) is 6.92 Å². The van der Waals surface area contributed by atoms with Crippen LogP contribution in [0.4, 0.5) is 5.69 Å². The molecule has 7 heteroatoms. The second kappa shape index (κ2) is 6.70. The van der Waals surface area contributed by atoms with Gasteiger partial charge in [0.25, 0.3) is 5.56 Å². The Morgan fingerprint density at radius 1 is 1.48 bits per heavy atom. The lowest BCUT2D eigenvalue weighted by Crippen LogP contribution is -2.24. The van der Waals surface area contributed by atoms with Gasteiger partial charge in [-0.25, -0.2) is 9.67 Å². The van der Waals surface area contributed by atoms with Crippen LogP contribution in [0.5, 0.6) is 0 Å². The molecule has 5 nitrogen and oxygen atoms in total. The maximum absolute atomic E-state index is 12.2. The van der Waals surface area contributed by atoms with E-state index in [9.17, 15) is 4.79 Å². The second-order valence-electron chi connectivity index (χ2n) is 4.95. The molecule has 0 saturated heterocycles. The van der Waals surface area contributed by atoms with E-state index in [1.54, 1.807) is 17.5 Å². The van der Waals surface area contributed by atoms with E-state index in [1.165, 1.54) is 9.56 Å². The Morgan fingerprint density at radius 3 is 2.76 bits per heavy atom. The summed E-state index contributed by atoms with van der Waals surface area (Å²) in [5, 5.41) is 8.59. The molecule has 2 rings (SSSR count). The largest absolute Gasteiger partial charge is 0.375 e. The lowest BCUT2D eigenvalue weighted by atomic mass is 10.2. The highest BCUT2D eigenvalue weighted by Crippen LogP contribution is 2.29. The van der Waals surface area contributed by atoms with E-state index in [0.717, 1.165) is 17.1 Å². The Kier molecular flexibility index (Phi) is 5.16. The van der Waals surface area contributed by atoms with Crippen molar-refractivity contribution in [3.05, 3.63) is 36.6 Å². The molecule has 0 fully saturated rings. The summed E-state index contributed by atoms with van der Waals surface area (Å²) in [6.07, 6.45) is 2.57. The number of halogens is 1. The third kappa shape index (κ3) is 3.52. The molecule has 0 bridgehead atoms. The number of hydrogen-bond acceptors (Lipinski definition) is 5. The van der Waals surface area contributed by atoms with Gasteiger partial charge < -0.3 is 5.32 Å². The molecule has 114 valence electrons. The zero-order valence-corrected chi connectivity index (χ0v) is 15.0. The molecule has 1 atom stereocenters. The number of aromatic nitrogens is 3. The first-order valence-corrected chi connectivity index (χ1v) is 8.51. The molecular formula is C14H19BrN4OS. The van der Waals surface area contributed by atoms with Crippen LogP contribution in [0, 0.1) is 13.8 Å². The Morgan fingerprint density at radius 2 is 2.19 bits per heavy atom. The highest BCUT2D eigenvalue weighted by atomic mass is 79.9. The first-order valence-electron chi connectivity index (χ1n) is 6.90. The number of thiazole rings is 1. The lowest BCUT2D eigenvalue weighted by molar-refractivity contribution is 0.565. The molecule has 0 aliphatic rings. The van der Waals surface area contributed by atoms with Crippen molar-refractivity contribution >= 4 is 33.0 Å². The van der Waals surface area contributed by atoms with Crippen LogP contribution >= 0.6 is 27.3 Å². The fourth-order valence-corrected chi connectivity index (χ4v) is 3.54. The van der Waals surface area contributed by atoms with E-state index in [1.807, 2.05) is 20.8 Å². The van der Waals surface area contributed by atoms with Gasteiger partial charge in [0.2, 0.25) is 0 Å². The van der Waals surface area contributed by atoms with Crippen LogP contribution in [0.15, 0.2) is 15.5 Å². The molecule has 2 aromatic heterocycles. The summed E-state index contributed by atoms with van der Waals surface area (Å²) in [7, 11) is 0. The minimum absolute atomic E-state index is 0.0794. The van der Waals surface area contributed by atoms with Crippen LogP contribution in [0.3, 0.4) is 0 Å². The molecule has 2 aromatic rings. The summed E-state index contributed by atoms with van der Waals surface area (Å²) in [6, 6.07) is 0.0794. The van der Waals surface area contributed by atoms with Gasteiger partial charge in [-0.05, 0) is 43.1 Å². The van der Waals surface area contributed by atoms with E-state index in [2.05, 4.69) is 38.3 Å². The van der Waals surface area contributed by atoms with Crippen molar-refractivity contribution in [2.45, 2.75) is 46.7 Å². The zero-order valence-electron chi connectivity index (χ0n) is 12.6. The first-order chi connectivity index (χ1) is 9.93. The zero-order chi connectivity index (χ0) is 15.6. The van der Waals surface area contributed by atoms with Crippen LogP contribution in [0.25, 0.3) is 0 Å². The van der Waals surface area contributed by atoms with E-state index in [0.29, 0.717) is 16.7 Å². The van der Waals surface area contributed by atoms with Gasteiger partial charge in [-0.15, -0.1) is 11.3 Å². The van der Waals surface area contributed by atoms with Crippen LogP contribution in [-0.2, 0) is 6.54 Å². The van der Waals surface area contributed by atoms with E-state index in [-0.39, 0.29) is 11.6 Å². The fourth-order valence-electron chi connectivity index (χ4n) is 2.18. The monoisotopic (exact) mass is 370 g/mol. The van der Waals surface area contributed by atoms with Crippen molar-refractivity contribution in [3.8, 4) is 0 Å². The van der Waals surface area contributed by atoms with Crippen LogP contribution in [0.2, 0.25) is 0 Å². The highest BCUT2D eigenvalue weighted by molar-refractivity contribution is 9.10. The third-order valence-corrected chi connectivity index (χ3v) is 5.15. The molecule has 1 unspecified atom stereocenters. The normalized spacial score (nSPS) is 12.4. The van der Waals surface area contributed by atoms with Gasteiger partial charge in [0.15, 0.2) is 0 Å². The number of aryl methyl sites for hydroxylation is 3. The summed E-state index contributed by atoms with van der Waals surface area (Å²) in [4.78, 5) is 17.8. The van der Waals surface area contributed by atoms with E-state index < -0.39 is 0 Å². The van der Waals surface area contributed by atoms with Gasteiger partial charge in [0.1, 0.15) is 4.47 Å². The number of anilines is 1. The summed E-state index contributed by atoms with van der Waals surface area (Å²) < 4.78 is 2.00. The standard InChI is InChI=1S/C14H19BrN4OS/c1-5-6-19-14(20)12(15)11(7-16-19)18-9(3)13-8(2)17-10(4)21-13/h7,9,18H,5-6H2,1-4H3. The topological polar surface area (TPSA) is 59.8 Å². The summed E-state index contributed by atoms with van der Waals surface area (Å²) >= 11 is 5.05. The van der Waals surface area contributed by atoms with Crippen molar-refractivity contribution in [1.82, 2.24) is 14.8 Å². The van der Waals surface area contributed by atoms with Gasteiger partial charge in [-0.2, -0.15) is 5.10 Å². The van der Waals surface area contributed by atoms with Crippen LogP contribution in [0.1, 0.15) is 41.9 Å². The molecule has 0 spiro atoms. The van der Waals surface area contributed by atoms with Crippen LogP contribution in [-0.4, -0.2) is 14.8 Å². The molecule has 0 aliphatic heterocycles. The molecule has 0 aromatic carbocycles. The SMILES string of the molecule is CCCn1ncc(NC(C)c2sc(C)nc2C)c(Br)c1=O.